The maximum absolute atomic E-state index is 11.9. The van der Waals surface area contributed by atoms with E-state index in [1.807, 2.05) is 209 Å². The molecular weight excluding hydrogens is 1550 g/mol. The number of aromatic amines is 2. The van der Waals surface area contributed by atoms with Crippen molar-refractivity contribution in [3.05, 3.63) is 192 Å². The number of aromatic nitrogens is 8. The summed E-state index contributed by atoms with van der Waals surface area (Å²) in [6.07, 6.45) is 4.69. The molecule has 0 saturated carbocycles. The highest BCUT2D eigenvalue weighted by molar-refractivity contribution is 8.00. The molecule has 11 aromatic rings. The predicted molar refractivity (Wildman–Crippen MR) is 460 cm³/mol. The highest BCUT2D eigenvalue weighted by Gasteiger charge is 2.26. The normalized spacial score (nSPS) is 12.5. The number of aliphatic carboxylic acids is 4. The fourth-order valence-electron chi connectivity index (χ4n) is 13.0. The third-order valence-corrected chi connectivity index (χ3v) is 22.6. The Morgan fingerprint density at radius 1 is 0.310 bits per heavy atom. The van der Waals surface area contributed by atoms with E-state index in [1.165, 1.54) is 71.4 Å². The number of H-pyrrole nitrogens is 2. The van der Waals surface area contributed by atoms with Gasteiger partial charge in [0.1, 0.15) is 72.0 Å². The zero-order chi connectivity index (χ0) is 82.2. The molecule has 8 aromatic carbocycles. The molecule has 0 saturated heterocycles. The molecule has 6 N–H and O–H groups in total. The number of fused-ring (bicyclic) bond motifs is 20. The van der Waals surface area contributed by atoms with Gasteiger partial charge in [0.05, 0.1) is 0 Å². The number of benzene rings is 8. The summed E-state index contributed by atoms with van der Waals surface area (Å²) in [5.74, 6) is -0.670. The number of hydrogen-bond acceptors (Lipinski definition) is 22. The van der Waals surface area contributed by atoms with Crippen molar-refractivity contribution in [1.29, 1.82) is 0 Å². The summed E-state index contributed by atoms with van der Waals surface area (Å²) in [6, 6.07) is 47.2. The Hall–Kier alpha value is -11.6. The topological polar surface area (TPSA) is 308 Å². The SMILES string of the molecule is C/C(=C/C(=O)O)c1ccc(Sc2ccc3c(c2)-c2nc-3nc3[nH]c(nc4nc(nc5[nH]c(n2)c2ccc(Sc6ccc(/C(C)=C\C(=O)O)c(OCCN(C)C)c6)cc52)-c2ccc(Sc5ccc(/C(C)=C\C(=O)O)c(OCCN(C)C)c5)cc2-4)c2ccc(Sc4ccc(/C(C)=C/C(=O)O)c(OCCN(C)C)c4)cc32)cc1OCCN(C)C. The summed E-state index contributed by atoms with van der Waals surface area (Å²) >= 11 is 5.98. The van der Waals surface area contributed by atoms with E-state index < -0.39 is 23.9 Å². The second-order valence-corrected chi connectivity index (χ2v) is 33.3. The van der Waals surface area contributed by atoms with E-state index in [-0.39, 0.29) is 0 Å². The van der Waals surface area contributed by atoms with Crippen molar-refractivity contribution in [2.24, 2.45) is 0 Å². The largest absolute Gasteiger partial charge is 0.492 e. The molecule has 0 amide bonds. The van der Waals surface area contributed by atoms with E-state index in [0.717, 1.165) is 39.2 Å². The maximum atomic E-state index is 11.9. The number of carboxylic acid groups (broad SMARTS) is 4. The summed E-state index contributed by atoms with van der Waals surface area (Å²) in [5, 5.41) is 41.9. The predicted octanol–water partition coefficient (Wildman–Crippen LogP) is 17.2. The monoisotopic (exact) mass is 1630 g/mol. The molecule has 116 heavy (non-hydrogen) atoms. The number of allylic oxidation sites excluding steroid dienone is 4. The molecule has 0 spiro atoms. The highest BCUT2D eigenvalue weighted by atomic mass is 32.2. The number of carbonyl (C=O) groups is 4. The van der Waals surface area contributed by atoms with Crippen LogP contribution in [0.2, 0.25) is 0 Å². The molecule has 594 valence electrons. The van der Waals surface area contributed by atoms with Crippen LogP contribution in [-0.4, -0.2) is 213 Å². The van der Waals surface area contributed by atoms with E-state index in [0.29, 0.717) is 210 Å². The minimum Gasteiger partial charge on any atom is -0.492 e. The Kier molecular flexibility index (Phi) is 25.9. The Morgan fingerprint density at radius 3 is 0.810 bits per heavy atom. The first kappa shape index (κ1) is 82.4. The van der Waals surface area contributed by atoms with E-state index in [4.69, 9.17) is 48.9 Å². The summed E-state index contributed by atoms with van der Waals surface area (Å²) in [4.78, 5) is 102. The Labute approximate surface area is 687 Å². The summed E-state index contributed by atoms with van der Waals surface area (Å²) < 4.78 is 25.5. The molecule has 2 aliphatic rings. The third kappa shape index (κ3) is 20.2. The number of nitrogens with one attached hydrogen (secondary N) is 2. The van der Waals surface area contributed by atoms with Crippen molar-refractivity contribution < 1.29 is 58.6 Å². The molecule has 13 rings (SSSR count). The van der Waals surface area contributed by atoms with E-state index >= 15 is 0 Å². The number of rotatable bonds is 32. The summed E-state index contributed by atoms with van der Waals surface area (Å²) in [7, 11) is 15.7. The number of nitrogens with zero attached hydrogens (tertiary/aromatic N) is 10. The van der Waals surface area contributed by atoms with Gasteiger partial charge in [-0.25, -0.2) is 49.1 Å². The first-order valence-electron chi connectivity index (χ1n) is 37.1. The molecule has 2 aliphatic heterocycles. The van der Waals surface area contributed by atoms with Crippen molar-refractivity contribution in [2.45, 2.75) is 66.9 Å². The van der Waals surface area contributed by atoms with Crippen LogP contribution in [0, 0.1) is 0 Å². The standard InChI is InChI=1S/C88H86N12O12S4/c1-49(37-77(101)102)61-21-13-57(45-73(61)109-33-29-97(5)6)113-53-17-25-65-69(41-53)85-89-81(65)94-86-71-43-55(115-59-15-23-63(51(3)39-79(105)106)75(47-59)111-35-31-99(9)10)19-27-67(71)83(91-86)96-88-72-44-56(116-60-16-24-64(52(4)40-80(107)108)76(48-60)112-36-32-100(11)12)20-28-68(72)84(92-88)95-87-70-42-54(18-26-66(70)82(90-87)93-85)114-58-14-22-62(50(2)38-78(103)104)74(46-58)110-34-30-98(7)8/h13-28,37-48H,29-36H2,1-12H3,(H,101,102)(H,103,104)(H,105,106)(H,107,108)(H2,89,90,91,92,93,94,95,96)/b49-37-,50-38-,51-39-,52-40+. The summed E-state index contributed by atoms with van der Waals surface area (Å²) in [5.41, 5.74) is 9.30. The Bertz CT molecular complexity index is 5650. The zero-order valence-corrected chi connectivity index (χ0v) is 69.2. The van der Waals surface area contributed by atoms with Gasteiger partial charge in [0.2, 0.25) is 0 Å². The molecule has 3 aromatic heterocycles. The van der Waals surface area contributed by atoms with E-state index in [9.17, 15) is 39.6 Å². The molecule has 0 radical (unpaired) electrons. The second kappa shape index (κ2) is 36.5. The van der Waals surface area contributed by atoms with Gasteiger partial charge in [0.15, 0.2) is 23.3 Å². The van der Waals surface area contributed by atoms with Gasteiger partial charge in [-0.2, -0.15) is 0 Å². The van der Waals surface area contributed by atoms with Gasteiger partial charge in [-0.15, -0.1) is 0 Å². The molecule has 5 heterocycles. The van der Waals surface area contributed by atoms with Crippen LogP contribution in [0.4, 0.5) is 0 Å². The third-order valence-electron chi connectivity index (χ3n) is 18.7. The average molecular weight is 1630 g/mol. The van der Waals surface area contributed by atoms with Crippen LogP contribution in [0.25, 0.3) is 112 Å². The first-order chi connectivity index (χ1) is 55.6. The maximum Gasteiger partial charge on any atom is 0.328 e. The van der Waals surface area contributed by atoms with Gasteiger partial charge in [-0.05, 0) is 252 Å². The first-order valence-corrected chi connectivity index (χ1v) is 40.3. The number of hydrogen-bond donors (Lipinski definition) is 6. The minimum absolute atomic E-state index is 0.350. The minimum atomic E-state index is -1.06. The molecular formula is C88H86N12O12S4. The van der Waals surface area contributed by atoms with Gasteiger partial charge < -0.3 is 68.9 Å². The van der Waals surface area contributed by atoms with Crippen LogP contribution in [0.1, 0.15) is 49.9 Å². The fraction of sp³-hybridized carbons (Fsp3) is 0.227. The zero-order valence-electron chi connectivity index (χ0n) is 66.0. The second-order valence-electron chi connectivity index (χ2n) is 28.7. The smallest absolute Gasteiger partial charge is 0.328 e. The van der Waals surface area contributed by atoms with Crippen LogP contribution in [0.15, 0.2) is 209 Å². The molecule has 24 nitrogen and oxygen atoms in total. The van der Waals surface area contributed by atoms with Gasteiger partial charge in [-0.3, -0.25) is 0 Å². The van der Waals surface area contributed by atoms with Crippen molar-refractivity contribution in [3.8, 4) is 68.5 Å². The number of likely N-dealkylation sites (N-methyl/N-ethyl adjacent to an activating group) is 4. The summed E-state index contributed by atoms with van der Waals surface area (Å²) in [6.45, 7) is 11.0. The van der Waals surface area contributed by atoms with Gasteiger partial charge >= 0.3 is 23.9 Å². The van der Waals surface area contributed by atoms with Crippen molar-refractivity contribution >= 4 is 137 Å². The lowest BCUT2D eigenvalue weighted by Gasteiger charge is -2.16. The van der Waals surface area contributed by atoms with Gasteiger partial charge in [-0.1, -0.05) is 47.0 Å². The average Bonchev–Trinajstić information content (AvgIpc) is 1.60. The molecule has 8 bridgehead atoms. The molecule has 0 unspecified atom stereocenters. The molecule has 0 aliphatic carbocycles. The van der Waals surface area contributed by atoms with Crippen molar-refractivity contribution in [1.82, 2.24) is 59.5 Å². The van der Waals surface area contributed by atoms with Crippen LogP contribution in [0.5, 0.6) is 23.0 Å². The molecule has 28 heteroatoms. The molecule has 0 fully saturated rings. The van der Waals surface area contributed by atoms with Crippen LogP contribution in [0.3, 0.4) is 0 Å². The quantitative estimate of drug-likeness (QED) is 0.0213. The van der Waals surface area contributed by atoms with E-state index in [1.54, 1.807) is 27.7 Å². The molecule has 0 atom stereocenters. The lowest BCUT2D eigenvalue weighted by atomic mass is 10.1. The van der Waals surface area contributed by atoms with Crippen LogP contribution in [-0.2, 0) is 19.2 Å². The highest BCUT2D eigenvalue weighted by Crippen LogP contribution is 2.46. The van der Waals surface area contributed by atoms with Gasteiger partial charge in [0, 0.05) is 156 Å². The number of carboxylic acids is 4. The van der Waals surface area contributed by atoms with Crippen LogP contribution >= 0.6 is 47.0 Å². The van der Waals surface area contributed by atoms with Gasteiger partial charge in [0.25, 0.3) is 0 Å². The fourth-order valence-corrected chi connectivity index (χ4v) is 16.5. The van der Waals surface area contributed by atoms with E-state index in [2.05, 4.69) is 22.1 Å². The van der Waals surface area contributed by atoms with Crippen molar-refractivity contribution in [2.75, 3.05) is 109 Å². The lowest BCUT2D eigenvalue weighted by molar-refractivity contribution is -0.132. The Morgan fingerprint density at radius 2 is 0.543 bits per heavy atom. The Balaban J connectivity index is 1.02. The van der Waals surface area contributed by atoms with Crippen molar-refractivity contribution in [3.63, 3.8) is 0 Å². The lowest BCUT2D eigenvalue weighted by Crippen LogP contribution is -2.19. The number of ether oxygens (including phenoxy) is 4. The van der Waals surface area contributed by atoms with Crippen LogP contribution < -0.4 is 18.9 Å².